The van der Waals surface area contributed by atoms with E-state index in [1.807, 2.05) is 38.4 Å². The van der Waals surface area contributed by atoms with Crippen LogP contribution >= 0.6 is 0 Å². The summed E-state index contributed by atoms with van der Waals surface area (Å²) < 4.78 is 5.72. The van der Waals surface area contributed by atoms with Crippen LogP contribution in [-0.4, -0.2) is 50.1 Å². The van der Waals surface area contributed by atoms with Crippen LogP contribution in [0.15, 0.2) is 24.3 Å². The van der Waals surface area contributed by atoms with E-state index in [1.165, 1.54) is 12.8 Å². The Kier molecular flexibility index (Phi) is 5.74. The molecule has 1 aromatic rings. The van der Waals surface area contributed by atoms with Crippen molar-refractivity contribution >= 4 is 11.6 Å². The van der Waals surface area contributed by atoms with Crippen molar-refractivity contribution in [1.29, 1.82) is 0 Å². The summed E-state index contributed by atoms with van der Waals surface area (Å²) in [4.78, 5) is 14.4. The Labute approximate surface area is 144 Å². The number of anilines is 1. The average Bonchev–Trinajstić information content (AvgIpc) is 2.86. The molecule has 0 saturated carbocycles. The standard InChI is InChI=1S/C19H29N3O2/c1-22(2)8-9-24-18-5-3-4-15(13-18)21-19(23)12-14-10-16-6-7-17(11-14)20-16/h3-5,13-14,16-17,20H,6-12H2,1-2H3,(H,21,23). The van der Waals surface area contributed by atoms with Crippen LogP contribution < -0.4 is 15.4 Å². The highest BCUT2D eigenvalue weighted by atomic mass is 16.5. The maximum atomic E-state index is 12.4. The fourth-order valence-corrected chi connectivity index (χ4v) is 3.83. The van der Waals surface area contributed by atoms with Gasteiger partial charge in [-0.15, -0.1) is 0 Å². The van der Waals surface area contributed by atoms with Crippen molar-refractivity contribution in [2.24, 2.45) is 5.92 Å². The van der Waals surface area contributed by atoms with Crippen molar-refractivity contribution in [3.8, 4) is 5.75 Å². The maximum absolute atomic E-state index is 12.4. The molecule has 2 fully saturated rings. The molecule has 24 heavy (non-hydrogen) atoms. The Morgan fingerprint density at radius 3 is 2.75 bits per heavy atom. The first kappa shape index (κ1) is 17.2. The lowest BCUT2D eigenvalue weighted by atomic mass is 9.89. The van der Waals surface area contributed by atoms with Gasteiger partial charge in [-0.3, -0.25) is 4.79 Å². The molecule has 2 atom stereocenters. The van der Waals surface area contributed by atoms with Crippen molar-refractivity contribution in [1.82, 2.24) is 10.2 Å². The second-order valence-electron chi connectivity index (χ2n) is 7.41. The van der Waals surface area contributed by atoms with E-state index < -0.39 is 0 Å². The number of nitrogens with one attached hydrogen (secondary N) is 2. The minimum Gasteiger partial charge on any atom is -0.492 e. The predicted molar refractivity (Wildman–Crippen MR) is 96.4 cm³/mol. The van der Waals surface area contributed by atoms with E-state index in [0.29, 0.717) is 31.0 Å². The zero-order chi connectivity index (χ0) is 16.9. The summed E-state index contributed by atoms with van der Waals surface area (Å²) in [6, 6.07) is 8.94. The van der Waals surface area contributed by atoms with E-state index in [1.54, 1.807) is 0 Å². The SMILES string of the molecule is CN(C)CCOc1cccc(NC(=O)CC2CC3CCC(C2)N3)c1. The summed E-state index contributed by atoms with van der Waals surface area (Å²) in [5, 5.41) is 6.66. The molecule has 2 saturated heterocycles. The van der Waals surface area contributed by atoms with Gasteiger partial charge in [0.15, 0.2) is 0 Å². The second-order valence-corrected chi connectivity index (χ2v) is 7.41. The molecule has 2 bridgehead atoms. The third kappa shape index (κ3) is 4.95. The molecule has 1 amide bonds. The highest BCUT2D eigenvalue weighted by molar-refractivity contribution is 5.91. The molecular weight excluding hydrogens is 302 g/mol. The van der Waals surface area contributed by atoms with Crippen LogP contribution in [0.5, 0.6) is 5.75 Å². The Bertz CT molecular complexity index is 549. The van der Waals surface area contributed by atoms with Crippen LogP contribution in [0, 0.1) is 5.92 Å². The number of hydrogen-bond donors (Lipinski definition) is 2. The largest absolute Gasteiger partial charge is 0.492 e. The van der Waals surface area contributed by atoms with Crippen molar-refractivity contribution in [3.63, 3.8) is 0 Å². The molecule has 132 valence electrons. The summed E-state index contributed by atoms with van der Waals surface area (Å²) in [5.74, 6) is 1.43. The highest BCUT2D eigenvalue weighted by Gasteiger charge is 2.34. The van der Waals surface area contributed by atoms with Gasteiger partial charge in [-0.25, -0.2) is 0 Å². The molecule has 3 rings (SSSR count). The maximum Gasteiger partial charge on any atom is 0.224 e. The molecule has 2 aliphatic rings. The molecule has 2 N–H and O–H groups in total. The molecule has 5 nitrogen and oxygen atoms in total. The van der Waals surface area contributed by atoms with Crippen LogP contribution in [0.1, 0.15) is 32.1 Å². The fourth-order valence-electron chi connectivity index (χ4n) is 3.83. The molecule has 2 heterocycles. The number of ether oxygens (including phenoxy) is 1. The summed E-state index contributed by atoms with van der Waals surface area (Å²) >= 11 is 0. The van der Waals surface area contributed by atoms with E-state index >= 15 is 0 Å². The zero-order valence-corrected chi connectivity index (χ0v) is 14.8. The Balaban J connectivity index is 1.47. The lowest BCUT2D eigenvalue weighted by molar-refractivity contribution is -0.117. The van der Waals surface area contributed by atoms with E-state index in [4.69, 9.17) is 4.74 Å². The van der Waals surface area contributed by atoms with Gasteiger partial charge in [-0.1, -0.05) is 6.07 Å². The first-order valence-electron chi connectivity index (χ1n) is 9.02. The topological polar surface area (TPSA) is 53.6 Å². The number of nitrogens with zero attached hydrogens (tertiary/aromatic N) is 1. The third-order valence-electron chi connectivity index (χ3n) is 4.97. The molecule has 0 aromatic heterocycles. The lowest BCUT2D eigenvalue weighted by Gasteiger charge is -2.28. The first-order valence-corrected chi connectivity index (χ1v) is 9.02. The number of carbonyl (C=O) groups excluding carboxylic acids is 1. The van der Waals surface area contributed by atoms with Crippen LogP contribution in [0.2, 0.25) is 0 Å². The molecule has 0 aliphatic carbocycles. The van der Waals surface area contributed by atoms with Crippen LogP contribution in [0.4, 0.5) is 5.69 Å². The number of fused-ring (bicyclic) bond motifs is 2. The van der Waals surface area contributed by atoms with E-state index in [0.717, 1.165) is 30.8 Å². The van der Waals surface area contributed by atoms with Crippen LogP contribution in [0.3, 0.4) is 0 Å². The quantitative estimate of drug-likeness (QED) is 0.806. The lowest BCUT2D eigenvalue weighted by Crippen LogP contribution is -2.39. The molecule has 1 aromatic carbocycles. The highest BCUT2D eigenvalue weighted by Crippen LogP contribution is 2.32. The fraction of sp³-hybridized carbons (Fsp3) is 0.632. The van der Waals surface area contributed by atoms with Gasteiger partial charge in [-0.2, -0.15) is 0 Å². The molecule has 2 unspecified atom stereocenters. The average molecular weight is 331 g/mol. The van der Waals surface area contributed by atoms with Gasteiger partial charge in [0.25, 0.3) is 0 Å². The Hall–Kier alpha value is -1.59. The van der Waals surface area contributed by atoms with E-state index in [2.05, 4.69) is 15.5 Å². The van der Waals surface area contributed by atoms with Crippen LogP contribution in [0.25, 0.3) is 0 Å². The number of amides is 1. The summed E-state index contributed by atoms with van der Waals surface area (Å²) in [7, 11) is 4.04. The molecular formula is C19H29N3O2. The van der Waals surface area contributed by atoms with Crippen molar-refractivity contribution < 1.29 is 9.53 Å². The zero-order valence-electron chi connectivity index (χ0n) is 14.8. The van der Waals surface area contributed by atoms with E-state index in [9.17, 15) is 4.79 Å². The number of rotatable bonds is 7. The third-order valence-corrected chi connectivity index (χ3v) is 4.97. The van der Waals surface area contributed by atoms with E-state index in [-0.39, 0.29) is 5.91 Å². The van der Waals surface area contributed by atoms with Crippen molar-refractivity contribution in [2.75, 3.05) is 32.6 Å². The summed E-state index contributed by atoms with van der Waals surface area (Å²) in [6.45, 7) is 1.51. The van der Waals surface area contributed by atoms with Gasteiger partial charge in [0.2, 0.25) is 5.91 Å². The van der Waals surface area contributed by atoms with Crippen LogP contribution in [-0.2, 0) is 4.79 Å². The summed E-state index contributed by atoms with van der Waals surface area (Å²) in [6.07, 6.45) is 5.44. The normalized spacial score (nSPS) is 25.7. The Morgan fingerprint density at radius 2 is 2.04 bits per heavy atom. The van der Waals surface area contributed by atoms with Crippen molar-refractivity contribution in [2.45, 2.75) is 44.2 Å². The number of piperidine rings is 1. The minimum atomic E-state index is 0.117. The van der Waals surface area contributed by atoms with Gasteiger partial charge in [-0.05, 0) is 57.8 Å². The minimum absolute atomic E-state index is 0.117. The second kappa shape index (κ2) is 7.99. The van der Waals surface area contributed by atoms with Gasteiger partial charge in [0, 0.05) is 36.8 Å². The van der Waals surface area contributed by atoms with Gasteiger partial charge < -0.3 is 20.3 Å². The monoisotopic (exact) mass is 331 g/mol. The first-order chi connectivity index (χ1) is 11.6. The smallest absolute Gasteiger partial charge is 0.224 e. The number of likely N-dealkylation sites (N-methyl/N-ethyl adjacent to an activating group) is 1. The molecule has 5 heteroatoms. The van der Waals surface area contributed by atoms with Gasteiger partial charge in [0.05, 0.1) is 0 Å². The number of carbonyl (C=O) groups is 1. The predicted octanol–water partition coefficient (Wildman–Crippen LogP) is 2.49. The van der Waals surface area contributed by atoms with Gasteiger partial charge >= 0.3 is 0 Å². The number of benzene rings is 1. The molecule has 0 spiro atoms. The molecule has 2 aliphatic heterocycles. The Morgan fingerprint density at radius 1 is 1.29 bits per heavy atom. The molecule has 0 radical (unpaired) electrons. The van der Waals surface area contributed by atoms with Crippen molar-refractivity contribution in [3.05, 3.63) is 24.3 Å². The van der Waals surface area contributed by atoms with Gasteiger partial charge in [0.1, 0.15) is 12.4 Å². The summed E-state index contributed by atoms with van der Waals surface area (Å²) in [5.41, 5.74) is 0.819. The number of hydrogen-bond acceptors (Lipinski definition) is 4.